The number of amides is 1. The molecule has 1 fully saturated rings. The third-order valence-electron chi connectivity index (χ3n) is 8.58. The van der Waals surface area contributed by atoms with Crippen molar-refractivity contribution in [2.45, 2.75) is 96.9 Å². The molecule has 1 aromatic carbocycles. The number of allylic oxidation sites excluding steroid dienone is 1. The van der Waals surface area contributed by atoms with E-state index in [9.17, 15) is 14.7 Å². The Bertz CT molecular complexity index is 1300. The van der Waals surface area contributed by atoms with Crippen molar-refractivity contribution in [1.82, 2.24) is 25.8 Å². The zero-order valence-corrected chi connectivity index (χ0v) is 30.9. The van der Waals surface area contributed by atoms with Crippen LogP contribution < -0.4 is 31.4 Å². The van der Waals surface area contributed by atoms with E-state index < -0.39 is 17.7 Å². The van der Waals surface area contributed by atoms with Gasteiger partial charge in [0.1, 0.15) is 18.1 Å². The van der Waals surface area contributed by atoms with Gasteiger partial charge in [-0.15, -0.1) is 0 Å². The number of pyridine rings is 1. The fourth-order valence-corrected chi connectivity index (χ4v) is 5.73. The number of para-hydroxylation sites is 1. The number of nitrogens with one attached hydrogen (secondary N) is 4. The number of ether oxygens (including phenoxy) is 1. The molecule has 2 aromatic rings. The number of likely N-dealkylation sites (N-methyl/N-ethyl adjacent to an activating group) is 1. The average molecular weight is 669 g/mol. The Hall–Kier alpha value is -3.80. The van der Waals surface area contributed by atoms with Crippen LogP contribution in [0.25, 0.3) is 0 Å². The molecule has 0 radical (unpaired) electrons. The summed E-state index contributed by atoms with van der Waals surface area (Å²) in [6.07, 6.45) is 9.56. The van der Waals surface area contributed by atoms with Gasteiger partial charge in [-0.25, -0.2) is 0 Å². The molecule has 4 rings (SSSR count). The number of nitrogens with two attached hydrogens (primary N) is 1. The number of aromatic nitrogens is 1. The summed E-state index contributed by atoms with van der Waals surface area (Å²) in [5.41, 5.74) is 7.77. The standard InChI is InChI=1S/C27H43N5O3.C6H5NO.C2H7N.C2H6/c1-7-10-22(28)31-21(16-29-14-8-2)27(5)24(33)20(17-32(27)6)30-25(34)18-11-9-12-19-23(18)35-15-13-26(19,3)4;8-5-6-1-3-7-4-2-6;1-3-2;1-2/h8-9,11-12,14,20-21,24,29,33H,7,10,13,15-17H2,1-6H3,(H2,28,31)(H,30,34);1-5H;3H,1-2H3;1-2H3/p+1/b14-8-;;;/t20-,21?,24?,27?;;;/m1.../s1. The molecule has 1 saturated heterocycles. The molecule has 2 aliphatic heterocycles. The minimum absolute atomic E-state index is 0.0523. The molecule has 1 aromatic heterocycles. The van der Waals surface area contributed by atoms with Crippen LogP contribution in [-0.4, -0.2) is 97.6 Å². The molecule has 4 atom stereocenters. The Morgan fingerprint density at radius 1 is 1.21 bits per heavy atom. The number of carbonyl (C=O) groups is 2. The van der Waals surface area contributed by atoms with Crippen molar-refractivity contribution >= 4 is 18.0 Å². The molecule has 48 heavy (non-hydrogen) atoms. The highest BCUT2D eigenvalue weighted by molar-refractivity contribution is 5.97. The van der Waals surface area contributed by atoms with Crippen molar-refractivity contribution in [3.05, 3.63) is 71.7 Å². The van der Waals surface area contributed by atoms with Crippen LogP contribution in [0.1, 0.15) is 94.0 Å². The van der Waals surface area contributed by atoms with E-state index in [1.54, 1.807) is 30.6 Å². The number of hydrogen-bond acceptors (Lipinski definition) is 8. The van der Waals surface area contributed by atoms with Crippen molar-refractivity contribution in [2.24, 2.45) is 5.73 Å². The lowest BCUT2D eigenvalue weighted by molar-refractivity contribution is -0.523. The summed E-state index contributed by atoms with van der Waals surface area (Å²) in [5, 5.41) is 20.7. The number of nitrogens with zero attached hydrogens (tertiary/aromatic N) is 2. The first-order valence-corrected chi connectivity index (χ1v) is 17.0. The quantitative estimate of drug-likeness (QED) is 0.127. The van der Waals surface area contributed by atoms with Crippen LogP contribution in [0.3, 0.4) is 0 Å². The van der Waals surface area contributed by atoms with Crippen molar-refractivity contribution < 1.29 is 24.4 Å². The minimum Gasteiger partial charge on any atom is -0.492 e. The van der Waals surface area contributed by atoms with E-state index in [-0.39, 0.29) is 17.4 Å². The number of aliphatic hydroxyl groups is 1. The summed E-state index contributed by atoms with van der Waals surface area (Å²) >= 11 is 0. The number of carbonyl (C=O) groups excluding carboxylic acids is 2. The maximum Gasteiger partial charge on any atom is 0.255 e. The Balaban J connectivity index is 0.000000747. The second-order valence-electron chi connectivity index (χ2n) is 12.6. The van der Waals surface area contributed by atoms with Crippen LogP contribution in [0, 0.1) is 0 Å². The van der Waals surface area contributed by atoms with Crippen LogP contribution in [0.4, 0.5) is 0 Å². The average Bonchev–Trinajstić information content (AvgIpc) is 3.29. The summed E-state index contributed by atoms with van der Waals surface area (Å²) in [5.74, 6) is 1.13. The van der Waals surface area contributed by atoms with E-state index in [1.165, 1.54) is 0 Å². The maximum atomic E-state index is 13.4. The first-order valence-electron chi connectivity index (χ1n) is 17.0. The summed E-state index contributed by atoms with van der Waals surface area (Å²) in [4.78, 5) is 32.7. The smallest absolute Gasteiger partial charge is 0.255 e. The van der Waals surface area contributed by atoms with Gasteiger partial charge >= 0.3 is 0 Å². The topological polar surface area (TPSA) is 156 Å². The number of rotatable bonds is 10. The van der Waals surface area contributed by atoms with E-state index in [4.69, 9.17) is 10.5 Å². The lowest BCUT2D eigenvalue weighted by atomic mass is 9.79. The van der Waals surface area contributed by atoms with Crippen LogP contribution >= 0.6 is 0 Å². The van der Waals surface area contributed by atoms with Gasteiger partial charge in [0.2, 0.25) is 5.84 Å². The van der Waals surface area contributed by atoms with Gasteiger partial charge < -0.3 is 25.8 Å². The highest BCUT2D eigenvalue weighted by Crippen LogP contribution is 2.40. The highest BCUT2D eigenvalue weighted by Gasteiger charge is 2.54. The van der Waals surface area contributed by atoms with Gasteiger partial charge in [0, 0.05) is 36.5 Å². The molecule has 268 valence electrons. The SMILES string of the molecule is C/C=C\NCC([NH+]=C(N)CCC)C1(C)C(O)[C@H](NC(=O)c2cccc3c2OCCC3(C)C)CN1C.CC.CNC.O=Cc1ccncc1. The molecule has 2 aliphatic rings. The second kappa shape index (κ2) is 21.2. The van der Waals surface area contributed by atoms with Crippen molar-refractivity contribution in [2.75, 3.05) is 40.8 Å². The molecule has 0 saturated carbocycles. The fourth-order valence-electron chi connectivity index (χ4n) is 5.73. The van der Waals surface area contributed by atoms with E-state index in [1.807, 2.05) is 73.2 Å². The van der Waals surface area contributed by atoms with Gasteiger partial charge in [-0.05, 0) is 77.6 Å². The van der Waals surface area contributed by atoms with Gasteiger partial charge in [0.05, 0.1) is 36.4 Å². The van der Waals surface area contributed by atoms with Crippen molar-refractivity contribution in [3.8, 4) is 5.75 Å². The number of likely N-dealkylation sites (tertiary alicyclic amines) is 1. The van der Waals surface area contributed by atoms with Crippen molar-refractivity contribution in [1.29, 1.82) is 0 Å². The molecule has 11 heteroatoms. The molecule has 3 unspecified atom stereocenters. The van der Waals surface area contributed by atoms with Crippen LogP contribution in [-0.2, 0) is 5.41 Å². The molecule has 3 heterocycles. The van der Waals surface area contributed by atoms with E-state index in [2.05, 4.69) is 51.6 Å². The molecule has 0 bridgehead atoms. The van der Waals surface area contributed by atoms with Gasteiger partial charge in [-0.3, -0.25) is 30.2 Å². The predicted octanol–water partition coefficient (Wildman–Crippen LogP) is 2.40. The molecule has 11 nitrogen and oxygen atoms in total. The number of aldehydes is 1. The third-order valence-corrected chi connectivity index (χ3v) is 8.58. The first-order chi connectivity index (χ1) is 22.9. The number of aliphatic hydroxyl groups excluding tert-OH is 1. The van der Waals surface area contributed by atoms with E-state index >= 15 is 0 Å². The normalized spacial score (nSPS) is 21.9. The van der Waals surface area contributed by atoms with E-state index in [0.717, 1.165) is 31.1 Å². The van der Waals surface area contributed by atoms with Gasteiger partial charge in [-0.1, -0.05) is 52.8 Å². The van der Waals surface area contributed by atoms with Gasteiger partial charge in [0.25, 0.3) is 5.91 Å². The van der Waals surface area contributed by atoms with Crippen LogP contribution in [0.15, 0.2) is 55.0 Å². The summed E-state index contributed by atoms with van der Waals surface area (Å²) < 4.78 is 5.95. The Kier molecular flexibility index (Phi) is 18.7. The Labute approximate surface area is 288 Å². The van der Waals surface area contributed by atoms with E-state index in [0.29, 0.717) is 42.4 Å². The molecule has 7 N–H and O–H groups in total. The first kappa shape index (κ1) is 42.2. The Morgan fingerprint density at radius 3 is 2.42 bits per heavy atom. The predicted molar refractivity (Wildman–Crippen MR) is 196 cm³/mol. The highest BCUT2D eigenvalue weighted by atomic mass is 16.5. The number of amidine groups is 1. The monoisotopic (exact) mass is 668 g/mol. The maximum absolute atomic E-state index is 13.4. The summed E-state index contributed by atoms with van der Waals surface area (Å²) in [6, 6.07) is 8.44. The van der Waals surface area contributed by atoms with Crippen molar-refractivity contribution in [3.63, 3.8) is 0 Å². The zero-order valence-electron chi connectivity index (χ0n) is 30.9. The summed E-state index contributed by atoms with van der Waals surface area (Å²) in [7, 11) is 5.73. The molecule has 0 aliphatic carbocycles. The molecule has 0 spiro atoms. The molecule has 1 amide bonds. The van der Waals surface area contributed by atoms with Crippen LogP contribution in [0.5, 0.6) is 5.75 Å². The third kappa shape index (κ3) is 11.4. The van der Waals surface area contributed by atoms with Gasteiger partial charge in [0.15, 0.2) is 0 Å². The Morgan fingerprint density at radius 2 is 1.85 bits per heavy atom. The fraction of sp³-hybridized carbons (Fsp3) is 0.568. The molecular formula is C37H62N7O4+. The zero-order chi connectivity index (χ0) is 36.3. The number of benzene rings is 1. The van der Waals surface area contributed by atoms with Crippen LogP contribution in [0.2, 0.25) is 0 Å². The number of fused-ring (bicyclic) bond motifs is 1. The van der Waals surface area contributed by atoms with Gasteiger partial charge in [-0.2, -0.15) is 0 Å². The summed E-state index contributed by atoms with van der Waals surface area (Å²) in [6.45, 7) is 16.1. The second-order valence-corrected chi connectivity index (χ2v) is 12.6. The number of hydrogen-bond donors (Lipinski definition) is 6. The lowest BCUT2D eigenvalue weighted by Crippen LogP contribution is -2.90. The molecular weight excluding hydrogens is 606 g/mol. The largest absolute Gasteiger partial charge is 0.492 e. The minimum atomic E-state index is -0.812. The lowest BCUT2D eigenvalue weighted by Gasteiger charge is -2.39.